The molecule has 1 aromatic rings. The molecule has 2 heteroatoms. The Labute approximate surface area is 106 Å². The zero-order chi connectivity index (χ0) is 12.8. The van der Waals surface area contributed by atoms with Crippen molar-refractivity contribution in [2.24, 2.45) is 0 Å². The van der Waals surface area contributed by atoms with Crippen LogP contribution in [0.3, 0.4) is 0 Å². The van der Waals surface area contributed by atoms with Gasteiger partial charge < -0.3 is 10.2 Å². The largest absolute Gasteiger partial charge is 0.369 e. The predicted molar refractivity (Wildman–Crippen MR) is 76.7 cm³/mol. The summed E-state index contributed by atoms with van der Waals surface area (Å²) in [6.45, 7) is 11.0. The summed E-state index contributed by atoms with van der Waals surface area (Å²) in [7, 11) is 1.99. The van der Waals surface area contributed by atoms with Gasteiger partial charge in [-0.2, -0.15) is 0 Å². The Balaban J connectivity index is 2.96. The van der Waals surface area contributed by atoms with Crippen LogP contribution in [0.1, 0.15) is 38.3 Å². The summed E-state index contributed by atoms with van der Waals surface area (Å²) < 4.78 is 0. The minimum Gasteiger partial charge on any atom is -0.369 e. The first kappa shape index (κ1) is 14.0. The van der Waals surface area contributed by atoms with Crippen molar-refractivity contribution in [3.8, 4) is 0 Å². The molecule has 96 valence electrons. The van der Waals surface area contributed by atoms with Crippen molar-refractivity contribution < 1.29 is 0 Å². The summed E-state index contributed by atoms with van der Waals surface area (Å²) in [4.78, 5) is 2.48. The monoisotopic (exact) mass is 234 g/mol. The van der Waals surface area contributed by atoms with Crippen LogP contribution in [0, 0.1) is 6.92 Å². The van der Waals surface area contributed by atoms with E-state index in [1.165, 1.54) is 23.2 Å². The number of hydrogen-bond acceptors (Lipinski definition) is 2. The van der Waals surface area contributed by atoms with E-state index < -0.39 is 0 Å². The molecule has 1 aromatic carbocycles. The fraction of sp³-hybridized carbons (Fsp3) is 0.600. The van der Waals surface area contributed by atoms with Crippen molar-refractivity contribution in [1.82, 2.24) is 5.32 Å². The lowest BCUT2D eigenvalue weighted by molar-refractivity contribution is 0.628. The third-order valence-electron chi connectivity index (χ3n) is 3.42. The van der Waals surface area contributed by atoms with Crippen LogP contribution in [0.5, 0.6) is 0 Å². The molecule has 0 aliphatic carbocycles. The quantitative estimate of drug-likeness (QED) is 0.812. The van der Waals surface area contributed by atoms with Crippen LogP contribution in [-0.2, 0) is 6.54 Å². The third kappa shape index (κ3) is 3.47. The number of rotatable bonds is 6. The molecule has 2 nitrogen and oxygen atoms in total. The smallest absolute Gasteiger partial charge is 0.0398 e. The maximum absolute atomic E-state index is 3.19. The van der Waals surface area contributed by atoms with E-state index in [0.717, 1.165) is 13.1 Å². The lowest BCUT2D eigenvalue weighted by Crippen LogP contribution is -2.32. The zero-order valence-electron chi connectivity index (χ0n) is 11.9. The molecule has 1 unspecified atom stereocenters. The molecule has 0 spiro atoms. The zero-order valence-corrected chi connectivity index (χ0v) is 11.9. The highest BCUT2D eigenvalue weighted by atomic mass is 15.1. The summed E-state index contributed by atoms with van der Waals surface area (Å²) in [6, 6.07) is 7.38. The molecular formula is C15H26N2. The number of hydrogen-bond donors (Lipinski definition) is 1. The van der Waals surface area contributed by atoms with Crippen molar-refractivity contribution >= 4 is 5.69 Å². The van der Waals surface area contributed by atoms with Gasteiger partial charge in [-0.25, -0.2) is 0 Å². The Morgan fingerprint density at radius 1 is 1.29 bits per heavy atom. The first-order valence-corrected chi connectivity index (χ1v) is 6.64. The van der Waals surface area contributed by atoms with E-state index in [1.807, 2.05) is 7.05 Å². The van der Waals surface area contributed by atoms with Crippen LogP contribution in [0.15, 0.2) is 18.2 Å². The summed E-state index contributed by atoms with van der Waals surface area (Å²) in [5, 5.41) is 3.19. The number of nitrogens with zero attached hydrogens (tertiary/aromatic N) is 1. The Hall–Kier alpha value is -1.02. The van der Waals surface area contributed by atoms with Crippen molar-refractivity contribution in [3.05, 3.63) is 29.3 Å². The molecule has 1 N–H and O–H groups in total. The van der Waals surface area contributed by atoms with Gasteiger partial charge in [0.15, 0.2) is 0 Å². The summed E-state index contributed by atoms with van der Waals surface area (Å²) in [6.07, 6.45) is 1.19. The van der Waals surface area contributed by atoms with Gasteiger partial charge in [-0.1, -0.05) is 19.1 Å². The molecule has 0 aromatic heterocycles. The van der Waals surface area contributed by atoms with E-state index >= 15 is 0 Å². The fourth-order valence-corrected chi connectivity index (χ4v) is 2.29. The maximum atomic E-state index is 3.19. The van der Waals surface area contributed by atoms with E-state index in [-0.39, 0.29) is 0 Å². The van der Waals surface area contributed by atoms with Crippen LogP contribution in [-0.4, -0.2) is 19.6 Å². The van der Waals surface area contributed by atoms with Gasteiger partial charge in [0.05, 0.1) is 0 Å². The van der Waals surface area contributed by atoms with E-state index in [0.29, 0.717) is 6.04 Å². The van der Waals surface area contributed by atoms with Crippen LogP contribution in [0.25, 0.3) is 0 Å². The first-order chi connectivity index (χ1) is 8.13. The molecule has 0 radical (unpaired) electrons. The van der Waals surface area contributed by atoms with E-state index in [9.17, 15) is 0 Å². The molecule has 0 aliphatic rings. The van der Waals surface area contributed by atoms with Crippen LogP contribution in [0.2, 0.25) is 0 Å². The van der Waals surface area contributed by atoms with Gasteiger partial charge in [0.25, 0.3) is 0 Å². The Morgan fingerprint density at radius 3 is 2.47 bits per heavy atom. The van der Waals surface area contributed by atoms with Crippen molar-refractivity contribution in [2.45, 2.75) is 46.7 Å². The molecule has 0 aliphatic heterocycles. The third-order valence-corrected chi connectivity index (χ3v) is 3.42. The van der Waals surface area contributed by atoms with E-state index in [1.54, 1.807) is 0 Å². The number of anilines is 1. The minimum atomic E-state index is 0.605. The molecule has 1 atom stereocenters. The number of nitrogens with one attached hydrogen (secondary N) is 1. The second-order valence-electron chi connectivity index (χ2n) is 4.69. The normalized spacial score (nSPS) is 12.5. The van der Waals surface area contributed by atoms with Crippen molar-refractivity contribution in [1.29, 1.82) is 0 Å². The molecule has 0 saturated carbocycles. The van der Waals surface area contributed by atoms with Crippen LogP contribution >= 0.6 is 0 Å². The van der Waals surface area contributed by atoms with Crippen LogP contribution < -0.4 is 10.2 Å². The number of aryl methyl sites for hydroxylation is 1. The number of benzene rings is 1. The lowest BCUT2D eigenvalue weighted by atomic mass is 10.1. The second-order valence-corrected chi connectivity index (χ2v) is 4.69. The highest BCUT2D eigenvalue weighted by molar-refractivity contribution is 5.55. The molecule has 17 heavy (non-hydrogen) atoms. The Bertz CT molecular complexity index is 347. The van der Waals surface area contributed by atoms with Gasteiger partial charge in [0.1, 0.15) is 0 Å². The van der Waals surface area contributed by atoms with Crippen molar-refractivity contribution in [2.75, 3.05) is 18.5 Å². The SMILES string of the molecule is CCC(C)N(CC)c1ccc(CNC)cc1C. The molecule has 0 fully saturated rings. The lowest BCUT2D eigenvalue weighted by Gasteiger charge is -2.31. The van der Waals surface area contributed by atoms with Crippen molar-refractivity contribution in [3.63, 3.8) is 0 Å². The topological polar surface area (TPSA) is 15.3 Å². The van der Waals surface area contributed by atoms with Gasteiger partial charge in [0.2, 0.25) is 0 Å². The van der Waals surface area contributed by atoms with Gasteiger partial charge in [-0.05, 0) is 51.4 Å². The van der Waals surface area contributed by atoms with E-state index in [4.69, 9.17) is 0 Å². The molecule has 0 saturated heterocycles. The highest BCUT2D eigenvalue weighted by Gasteiger charge is 2.13. The standard InChI is InChI=1S/C15H26N2/c1-6-13(4)17(7-2)15-9-8-14(11-16-5)10-12(15)3/h8-10,13,16H,6-7,11H2,1-5H3. The highest BCUT2D eigenvalue weighted by Crippen LogP contribution is 2.24. The molecular weight excluding hydrogens is 208 g/mol. The van der Waals surface area contributed by atoms with Gasteiger partial charge >= 0.3 is 0 Å². The molecule has 0 amide bonds. The summed E-state index contributed by atoms with van der Waals surface area (Å²) in [5.74, 6) is 0. The predicted octanol–water partition coefficient (Wildman–Crippen LogP) is 3.34. The average molecular weight is 234 g/mol. The maximum Gasteiger partial charge on any atom is 0.0398 e. The summed E-state index contributed by atoms with van der Waals surface area (Å²) in [5.41, 5.74) is 4.11. The summed E-state index contributed by atoms with van der Waals surface area (Å²) >= 11 is 0. The minimum absolute atomic E-state index is 0.605. The van der Waals surface area contributed by atoms with Gasteiger partial charge in [0, 0.05) is 24.8 Å². The molecule has 0 heterocycles. The van der Waals surface area contributed by atoms with Gasteiger partial charge in [-0.15, -0.1) is 0 Å². The fourth-order valence-electron chi connectivity index (χ4n) is 2.29. The van der Waals surface area contributed by atoms with E-state index in [2.05, 4.69) is 56.1 Å². The average Bonchev–Trinajstić information content (AvgIpc) is 2.32. The second kappa shape index (κ2) is 6.65. The van der Waals surface area contributed by atoms with Crippen LogP contribution in [0.4, 0.5) is 5.69 Å². The molecule has 1 rings (SSSR count). The Kier molecular flexibility index (Phi) is 5.49. The first-order valence-electron chi connectivity index (χ1n) is 6.64. The Morgan fingerprint density at radius 2 is 2.00 bits per heavy atom. The van der Waals surface area contributed by atoms with Gasteiger partial charge in [-0.3, -0.25) is 0 Å². The molecule has 0 bridgehead atoms.